The summed E-state index contributed by atoms with van der Waals surface area (Å²) in [6.45, 7) is 0.157. The van der Waals surface area contributed by atoms with E-state index in [4.69, 9.17) is 0 Å². The van der Waals surface area contributed by atoms with Crippen LogP contribution in [0.2, 0.25) is 0 Å². The highest BCUT2D eigenvalue weighted by atomic mass is 16.5. The molecule has 2 aromatic rings. The van der Waals surface area contributed by atoms with Gasteiger partial charge in [0.25, 0.3) is 0 Å². The monoisotopic (exact) mass is 216 g/mol. The van der Waals surface area contributed by atoms with E-state index in [1.165, 1.54) is 7.11 Å². The third-order valence-corrected chi connectivity index (χ3v) is 2.30. The lowest BCUT2D eigenvalue weighted by atomic mass is 10.2. The Morgan fingerprint density at radius 2 is 2.19 bits per heavy atom. The summed E-state index contributed by atoms with van der Waals surface area (Å²) in [6, 6.07) is 9.60. The molecule has 4 nitrogen and oxygen atoms in total. The van der Waals surface area contributed by atoms with Crippen molar-refractivity contribution in [3.63, 3.8) is 0 Å². The Balaban J connectivity index is 2.27. The van der Waals surface area contributed by atoms with E-state index in [9.17, 15) is 4.79 Å². The quantitative estimate of drug-likeness (QED) is 0.795. The molecule has 0 aliphatic carbocycles. The number of rotatable bonds is 3. The van der Waals surface area contributed by atoms with Crippen LogP contribution in [0, 0.1) is 0 Å². The van der Waals surface area contributed by atoms with Gasteiger partial charge in [0.15, 0.2) is 0 Å². The number of fused-ring (bicyclic) bond motifs is 1. The second-order valence-corrected chi connectivity index (χ2v) is 3.31. The predicted octanol–water partition coefficient (Wildman–Crippen LogP) is 1.82. The van der Waals surface area contributed by atoms with Gasteiger partial charge in [0.1, 0.15) is 6.54 Å². The molecule has 0 fully saturated rings. The van der Waals surface area contributed by atoms with Gasteiger partial charge in [-0.25, -0.2) is 0 Å². The predicted molar refractivity (Wildman–Crippen MR) is 62.2 cm³/mol. The molecule has 0 saturated carbocycles. The molecule has 0 aliphatic heterocycles. The van der Waals surface area contributed by atoms with Crippen LogP contribution in [0.15, 0.2) is 36.5 Å². The number of carbonyl (C=O) groups excluding carboxylic acids is 1. The van der Waals surface area contributed by atoms with Gasteiger partial charge in [-0.3, -0.25) is 9.78 Å². The highest BCUT2D eigenvalue weighted by molar-refractivity contribution is 5.92. The molecule has 1 aromatic carbocycles. The van der Waals surface area contributed by atoms with Gasteiger partial charge in [0, 0.05) is 17.3 Å². The van der Waals surface area contributed by atoms with E-state index in [1.807, 2.05) is 30.3 Å². The van der Waals surface area contributed by atoms with Gasteiger partial charge in [0.05, 0.1) is 12.6 Å². The van der Waals surface area contributed by atoms with Crippen LogP contribution in [0.3, 0.4) is 0 Å². The summed E-state index contributed by atoms with van der Waals surface area (Å²) in [5.74, 6) is -0.291. The number of hydrogen-bond donors (Lipinski definition) is 1. The molecule has 82 valence electrons. The first kappa shape index (κ1) is 10.4. The minimum atomic E-state index is -0.291. The molecule has 4 heteroatoms. The second-order valence-electron chi connectivity index (χ2n) is 3.31. The van der Waals surface area contributed by atoms with Crippen molar-refractivity contribution in [3.05, 3.63) is 36.5 Å². The maximum absolute atomic E-state index is 11.0. The minimum absolute atomic E-state index is 0.157. The highest BCUT2D eigenvalue weighted by Crippen LogP contribution is 2.20. The number of carbonyl (C=O) groups is 1. The summed E-state index contributed by atoms with van der Waals surface area (Å²) in [5, 5.41) is 4.02. The highest BCUT2D eigenvalue weighted by Gasteiger charge is 2.03. The lowest BCUT2D eigenvalue weighted by Crippen LogP contribution is -2.15. The fourth-order valence-electron chi connectivity index (χ4n) is 1.49. The molecule has 2 rings (SSSR count). The molecule has 0 bridgehead atoms. The number of para-hydroxylation sites is 1. The van der Waals surface area contributed by atoms with Gasteiger partial charge in [-0.2, -0.15) is 0 Å². The van der Waals surface area contributed by atoms with E-state index in [1.54, 1.807) is 6.20 Å². The van der Waals surface area contributed by atoms with E-state index in [2.05, 4.69) is 15.0 Å². The van der Waals surface area contributed by atoms with Crippen molar-refractivity contribution < 1.29 is 9.53 Å². The van der Waals surface area contributed by atoms with Crippen LogP contribution in [0.1, 0.15) is 0 Å². The molecule has 0 aliphatic rings. The Kier molecular flexibility index (Phi) is 3.00. The maximum Gasteiger partial charge on any atom is 0.325 e. The van der Waals surface area contributed by atoms with E-state index in [0.29, 0.717) is 0 Å². The van der Waals surface area contributed by atoms with Crippen molar-refractivity contribution in [1.82, 2.24) is 4.98 Å². The average Bonchev–Trinajstić information content (AvgIpc) is 2.35. The standard InChI is InChI=1S/C12H12N2O2/c1-16-12(15)8-14-11-6-7-13-10-5-3-2-4-9(10)11/h2-7H,8H2,1H3,(H,13,14). The number of nitrogens with zero attached hydrogens (tertiary/aromatic N) is 1. The van der Waals surface area contributed by atoms with Gasteiger partial charge in [-0.15, -0.1) is 0 Å². The molecule has 0 unspecified atom stereocenters. The Hall–Kier alpha value is -2.10. The SMILES string of the molecule is COC(=O)CNc1ccnc2ccccc12. The number of nitrogens with one attached hydrogen (secondary N) is 1. The zero-order valence-corrected chi connectivity index (χ0v) is 8.93. The normalized spacial score (nSPS) is 10.1. The van der Waals surface area contributed by atoms with Crippen molar-refractivity contribution in [2.45, 2.75) is 0 Å². The molecule has 0 saturated heterocycles. The smallest absolute Gasteiger partial charge is 0.325 e. The van der Waals surface area contributed by atoms with Crippen molar-refractivity contribution in [2.24, 2.45) is 0 Å². The Labute approximate surface area is 93.3 Å². The molecular formula is C12H12N2O2. The summed E-state index contributed by atoms with van der Waals surface area (Å²) < 4.78 is 4.57. The summed E-state index contributed by atoms with van der Waals surface area (Å²) >= 11 is 0. The van der Waals surface area contributed by atoms with Crippen LogP contribution in [0.25, 0.3) is 10.9 Å². The van der Waals surface area contributed by atoms with E-state index >= 15 is 0 Å². The van der Waals surface area contributed by atoms with Crippen LogP contribution < -0.4 is 5.32 Å². The zero-order chi connectivity index (χ0) is 11.4. The summed E-state index contributed by atoms with van der Waals surface area (Å²) in [5.41, 5.74) is 1.79. The molecule has 0 amide bonds. The lowest BCUT2D eigenvalue weighted by molar-refractivity contribution is -0.138. The number of hydrogen-bond acceptors (Lipinski definition) is 4. The van der Waals surface area contributed by atoms with Crippen LogP contribution in [0.5, 0.6) is 0 Å². The summed E-state index contributed by atoms with van der Waals surface area (Å²) in [4.78, 5) is 15.3. The molecule has 1 aromatic heterocycles. The van der Waals surface area contributed by atoms with E-state index in [-0.39, 0.29) is 12.5 Å². The first-order valence-corrected chi connectivity index (χ1v) is 4.95. The van der Waals surface area contributed by atoms with Gasteiger partial charge >= 0.3 is 5.97 Å². The molecule has 0 atom stereocenters. The number of benzene rings is 1. The topological polar surface area (TPSA) is 51.2 Å². The number of aromatic nitrogens is 1. The van der Waals surface area contributed by atoms with Gasteiger partial charge in [-0.05, 0) is 12.1 Å². The Morgan fingerprint density at radius 3 is 3.00 bits per heavy atom. The van der Waals surface area contributed by atoms with Crippen molar-refractivity contribution >= 4 is 22.6 Å². The fourth-order valence-corrected chi connectivity index (χ4v) is 1.49. The van der Waals surface area contributed by atoms with Crippen LogP contribution >= 0.6 is 0 Å². The maximum atomic E-state index is 11.0. The largest absolute Gasteiger partial charge is 0.468 e. The third-order valence-electron chi connectivity index (χ3n) is 2.30. The number of methoxy groups -OCH3 is 1. The molecule has 1 N–H and O–H groups in total. The number of ether oxygens (including phenoxy) is 1. The second kappa shape index (κ2) is 4.61. The Bertz CT molecular complexity index is 506. The number of pyridine rings is 1. The van der Waals surface area contributed by atoms with Gasteiger partial charge in [0.2, 0.25) is 0 Å². The van der Waals surface area contributed by atoms with Crippen LogP contribution in [-0.2, 0) is 9.53 Å². The molecular weight excluding hydrogens is 204 g/mol. The molecule has 16 heavy (non-hydrogen) atoms. The first-order valence-electron chi connectivity index (χ1n) is 4.95. The minimum Gasteiger partial charge on any atom is -0.468 e. The Morgan fingerprint density at radius 1 is 1.38 bits per heavy atom. The van der Waals surface area contributed by atoms with Crippen molar-refractivity contribution in [3.8, 4) is 0 Å². The van der Waals surface area contributed by atoms with Crippen LogP contribution in [-0.4, -0.2) is 24.6 Å². The first-order chi connectivity index (χ1) is 7.81. The molecule has 1 heterocycles. The third kappa shape index (κ3) is 2.11. The lowest BCUT2D eigenvalue weighted by Gasteiger charge is -2.07. The molecule has 0 radical (unpaired) electrons. The van der Waals surface area contributed by atoms with Gasteiger partial charge < -0.3 is 10.1 Å². The fraction of sp³-hybridized carbons (Fsp3) is 0.167. The zero-order valence-electron chi connectivity index (χ0n) is 8.93. The van der Waals surface area contributed by atoms with Crippen molar-refractivity contribution in [1.29, 1.82) is 0 Å². The van der Waals surface area contributed by atoms with Crippen LogP contribution in [0.4, 0.5) is 5.69 Å². The number of esters is 1. The summed E-state index contributed by atoms with van der Waals surface area (Å²) in [6.07, 6.45) is 1.71. The van der Waals surface area contributed by atoms with Gasteiger partial charge in [-0.1, -0.05) is 18.2 Å². The average molecular weight is 216 g/mol. The van der Waals surface area contributed by atoms with E-state index < -0.39 is 0 Å². The van der Waals surface area contributed by atoms with Crippen molar-refractivity contribution in [2.75, 3.05) is 19.0 Å². The van der Waals surface area contributed by atoms with E-state index in [0.717, 1.165) is 16.6 Å². The number of anilines is 1. The molecule has 0 spiro atoms. The summed E-state index contributed by atoms with van der Waals surface area (Å²) in [7, 11) is 1.37.